The number of amides is 2. The molecule has 3 rings (SSSR count). The zero-order chi connectivity index (χ0) is 19.4. The standard InChI is InChI=1S/C19H26ClN3O4/c1-13(2)19(25)23-6-4-22(5-7-23)12-18(24)21-15-11-17-16(10-14(15)20)26-8-3-9-27-17/h10-11,13H,3-9,12H2,1-2H3,(H,21,24). The summed E-state index contributed by atoms with van der Waals surface area (Å²) in [7, 11) is 0. The van der Waals surface area contributed by atoms with E-state index in [4.69, 9.17) is 21.1 Å². The van der Waals surface area contributed by atoms with Crippen LogP contribution in [0.3, 0.4) is 0 Å². The van der Waals surface area contributed by atoms with Crippen LogP contribution >= 0.6 is 11.6 Å². The Kier molecular flexibility index (Phi) is 6.44. The van der Waals surface area contributed by atoms with Crippen LogP contribution in [-0.2, 0) is 9.59 Å². The van der Waals surface area contributed by atoms with Crippen molar-refractivity contribution >= 4 is 29.1 Å². The predicted octanol–water partition coefficient (Wildman–Crippen LogP) is 2.24. The molecule has 8 heteroatoms. The van der Waals surface area contributed by atoms with Crippen molar-refractivity contribution < 1.29 is 19.1 Å². The third-order valence-corrected chi connectivity index (χ3v) is 4.97. The predicted molar refractivity (Wildman–Crippen MR) is 104 cm³/mol. The average Bonchev–Trinajstić information content (AvgIpc) is 2.87. The van der Waals surface area contributed by atoms with Gasteiger partial charge in [-0.05, 0) is 0 Å². The molecule has 0 aliphatic carbocycles. The van der Waals surface area contributed by atoms with Gasteiger partial charge in [-0.3, -0.25) is 14.5 Å². The fourth-order valence-electron chi connectivity index (χ4n) is 3.16. The molecule has 2 heterocycles. The van der Waals surface area contributed by atoms with Crippen molar-refractivity contribution in [3.8, 4) is 11.5 Å². The van der Waals surface area contributed by atoms with Gasteiger partial charge >= 0.3 is 0 Å². The van der Waals surface area contributed by atoms with E-state index in [1.807, 2.05) is 23.6 Å². The van der Waals surface area contributed by atoms with Crippen molar-refractivity contribution in [2.75, 3.05) is 51.3 Å². The highest BCUT2D eigenvalue weighted by molar-refractivity contribution is 6.34. The van der Waals surface area contributed by atoms with E-state index in [1.54, 1.807) is 12.1 Å². The third kappa shape index (κ3) is 5.05. The molecule has 2 aliphatic rings. The normalized spacial score (nSPS) is 17.6. The number of anilines is 1. The molecule has 0 unspecified atom stereocenters. The van der Waals surface area contributed by atoms with Gasteiger partial charge in [-0.1, -0.05) is 25.4 Å². The lowest BCUT2D eigenvalue weighted by Crippen LogP contribution is -2.51. The van der Waals surface area contributed by atoms with E-state index in [9.17, 15) is 9.59 Å². The van der Waals surface area contributed by atoms with E-state index in [-0.39, 0.29) is 24.3 Å². The second-order valence-corrected chi connectivity index (χ2v) is 7.54. The van der Waals surface area contributed by atoms with Crippen LogP contribution in [0.15, 0.2) is 12.1 Å². The smallest absolute Gasteiger partial charge is 0.238 e. The van der Waals surface area contributed by atoms with E-state index in [2.05, 4.69) is 5.32 Å². The summed E-state index contributed by atoms with van der Waals surface area (Å²) in [4.78, 5) is 28.4. The van der Waals surface area contributed by atoms with Crippen LogP contribution in [0.1, 0.15) is 20.3 Å². The third-order valence-electron chi connectivity index (χ3n) is 4.66. The minimum Gasteiger partial charge on any atom is -0.490 e. The summed E-state index contributed by atoms with van der Waals surface area (Å²) in [5, 5.41) is 3.27. The number of fused-ring (bicyclic) bond motifs is 1. The van der Waals surface area contributed by atoms with Gasteiger partial charge in [-0.25, -0.2) is 0 Å². The van der Waals surface area contributed by atoms with Gasteiger partial charge in [-0.15, -0.1) is 0 Å². The molecule has 0 atom stereocenters. The molecule has 1 fully saturated rings. The van der Waals surface area contributed by atoms with Crippen LogP contribution in [0.2, 0.25) is 5.02 Å². The molecule has 0 bridgehead atoms. The van der Waals surface area contributed by atoms with Crippen LogP contribution < -0.4 is 14.8 Å². The van der Waals surface area contributed by atoms with Crippen LogP contribution in [0.5, 0.6) is 11.5 Å². The van der Waals surface area contributed by atoms with Crippen molar-refractivity contribution in [3.05, 3.63) is 17.2 Å². The van der Waals surface area contributed by atoms with E-state index < -0.39 is 0 Å². The number of piperazine rings is 1. The first-order valence-corrected chi connectivity index (χ1v) is 9.72. The van der Waals surface area contributed by atoms with Crippen molar-refractivity contribution in [3.63, 3.8) is 0 Å². The maximum Gasteiger partial charge on any atom is 0.238 e. The number of ether oxygens (including phenoxy) is 2. The molecule has 0 radical (unpaired) electrons. The number of hydrogen-bond donors (Lipinski definition) is 1. The highest BCUT2D eigenvalue weighted by atomic mass is 35.5. The Balaban J connectivity index is 1.54. The first kappa shape index (κ1) is 19.8. The van der Waals surface area contributed by atoms with Gasteiger partial charge in [-0.2, -0.15) is 0 Å². The molecular formula is C19H26ClN3O4. The first-order chi connectivity index (χ1) is 12.9. The summed E-state index contributed by atoms with van der Waals surface area (Å²) >= 11 is 6.28. The van der Waals surface area contributed by atoms with Gasteiger partial charge in [0, 0.05) is 50.7 Å². The van der Waals surface area contributed by atoms with Crippen LogP contribution in [0.25, 0.3) is 0 Å². The number of carbonyl (C=O) groups excluding carboxylic acids is 2. The van der Waals surface area contributed by atoms with Crippen molar-refractivity contribution in [2.45, 2.75) is 20.3 Å². The Labute approximate surface area is 164 Å². The Morgan fingerprint density at radius 3 is 2.37 bits per heavy atom. The number of nitrogens with one attached hydrogen (secondary N) is 1. The van der Waals surface area contributed by atoms with E-state index in [0.717, 1.165) is 6.42 Å². The molecule has 27 heavy (non-hydrogen) atoms. The van der Waals surface area contributed by atoms with Crippen LogP contribution in [0, 0.1) is 5.92 Å². The summed E-state index contributed by atoms with van der Waals surface area (Å²) in [6.07, 6.45) is 0.805. The van der Waals surface area contributed by atoms with Gasteiger partial charge in [0.15, 0.2) is 11.5 Å². The van der Waals surface area contributed by atoms with Crippen LogP contribution in [-0.4, -0.2) is 67.6 Å². The number of nitrogens with zero attached hydrogens (tertiary/aromatic N) is 2. The summed E-state index contributed by atoms with van der Waals surface area (Å²) in [5.74, 6) is 1.21. The lowest BCUT2D eigenvalue weighted by Gasteiger charge is -2.35. The highest BCUT2D eigenvalue weighted by Crippen LogP contribution is 2.37. The maximum atomic E-state index is 12.4. The van der Waals surface area contributed by atoms with Gasteiger partial charge in [0.1, 0.15) is 0 Å². The molecule has 0 aromatic heterocycles. The van der Waals surface area contributed by atoms with Crippen LogP contribution in [0.4, 0.5) is 5.69 Å². The van der Waals surface area contributed by atoms with Crippen molar-refractivity contribution in [1.29, 1.82) is 0 Å². The molecule has 2 amide bonds. The number of carbonyl (C=O) groups is 2. The number of hydrogen-bond acceptors (Lipinski definition) is 5. The maximum absolute atomic E-state index is 12.4. The Bertz CT molecular complexity index is 702. The van der Waals surface area contributed by atoms with E-state index >= 15 is 0 Å². The Morgan fingerprint density at radius 1 is 1.11 bits per heavy atom. The molecule has 7 nitrogen and oxygen atoms in total. The van der Waals surface area contributed by atoms with Gasteiger partial charge in [0.05, 0.1) is 30.5 Å². The van der Waals surface area contributed by atoms with E-state index in [0.29, 0.717) is 61.6 Å². The summed E-state index contributed by atoms with van der Waals surface area (Å²) in [6, 6.07) is 3.38. The lowest BCUT2D eigenvalue weighted by molar-refractivity contribution is -0.136. The molecule has 1 N–H and O–H groups in total. The largest absolute Gasteiger partial charge is 0.490 e. The fourth-order valence-corrected chi connectivity index (χ4v) is 3.36. The fraction of sp³-hybridized carbons (Fsp3) is 0.579. The minimum absolute atomic E-state index is 0.00129. The molecule has 2 aliphatic heterocycles. The Hall–Kier alpha value is -1.99. The van der Waals surface area contributed by atoms with Crippen molar-refractivity contribution in [2.24, 2.45) is 5.92 Å². The molecule has 0 saturated carbocycles. The second-order valence-electron chi connectivity index (χ2n) is 7.13. The summed E-state index contributed by atoms with van der Waals surface area (Å²) in [6.45, 7) is 7.88. The molecule has 1 aromatic carbocycles. The monoisotopic (exact) mass is 395 g/mol. The van der Waals surface area contributed by atoms with Gasteiger partial charge < -0.3 is 19.7 Å². The molecule has 1 saturated heterocycles. The lowest BCUT2D eigenvalue weighted by atomic mass is 10.1. The number of halogens is 1. The summed E-state index contributed by atoms with van der Waals surface area (Å²) in [5.41, 5.74) is 0.513. The highest BCUT2D eigenvalue weighted by Gasteiger charge is 2.24. The average molecular weight is 396 g/mol. The Morgan fingerprint density at radius 2 is 1.74 bits per heavy atom. The number of rotatable bonds is 4. The van der Waals surface area contributed by atoms with Gasteiger partial charge in [0.25, 0.3) is 0 Å². The number of benzene rings is 1. The molecule has 0 spiro atoms. The zero-order valence-electron chi connectivity index (χ0n) is 15.8. The topological polar surface area (TPSA) is 71.1 Å². The van der Waals surface area contributed by atoms with Crippen molar-refractivity contribution in [1.82, 2.24) is 9.80 Å². The first-order valence-electron chi connectivity index (χ1n) is 9.34. The van der Waals surface area contributed by atoms with Gasteiger partial charge in [0.2, 0.25) is 11.8 Å². The SMILES string of the molecule is CC(C)C(=O)N1CCN(CC(=O)Nc2cc3c(cc2Cl)OCCCO3)CC1. The molecule has 1 aromatic rings. The van der Waals surface area contributed by atoms with E-state index in [1.165, 1.54) is 0 Å². The second kappa shape index (κ2) is 8.80. The molecular weight excluding hydrogens is 370 g/mol. The quantitative estimate of drug-likeness (QED) is 0.846. The zero-order valence-corrected chi connectivity index (χ0v) is 16.6. The molecule has 148 valence electrons. The minimum atomic E-state index is -0.143. The summed E-state index contributed by atoms with van der Waals surface area (Å²) < 4.78 is 11.2.